The van der Waals surface area contributed by atoms with Crippen molar-refractivity contribution in [2.75, 3.05) is 25.5 Å². The summed E-state index contributed by atoms with van der Waals surface area (Å²) in [5.74, 6) is 0.431. The minimum Gasteiger partial charge on any atom is -0.364 e. The molecule has 1 aromatic rings. The number of hydrogen-bond donors (Lipinski definition) is 1. The Labute approximate surface area is 122 Å². The van der Waals surface area contributed by atoms with E-state index in [4.69, 9.17) is 0 Å². The van der Waals surface area contributed by atoms with Crippen molar-refractivity contribution in [3.63, 3.8) is 0 Å². The van der Waals surface area contributed by atoms with Crippen LogP contribution >= 0.6 is 0 Å². The predicted octanol–water partition coefficient (Wildman–Crippen LogP) is 2.14. The first-order chi connectivity index (χ1) is 9.27. The highest BCUT2D eigenvalue weighted by atomic mass is 16.1. The van der Waals surface area contributed by atoms with E-state index in [1.807, 2.05) is 20.8 Å². The number of likely N-dealkylation sites (N-methyl/N-ethyl adjacent to an activating group) is 1. The minimum atomic E-state index is -0.232. The molecule has 0 amide bonds. The lowest BCUT2D eigenvalue weighted by molar-refractivity contribution is 0.261. The maximum absolute atomic E-state index is 12.3. The standard InChI is InChI=1S/C15H28N4O/c1-7-12(2)18(6)10-8-16-13-14(20)19(11-9-17-13)15(3,4)5/h9,11-12H,7-8,10H2,1-6H3,(H,16,17). The Morgan fingerprint density at radius 1 is 1.45 bits per heavy atom. The number of nitrogens with one attached hydrogen (secondary N) is 1. The van der Waals surface area contributed by atoms with Crippen molar-refractivity contribution in [3.05, 3.63) is 22.7 Å². The van der Waals surface area contributed by atoms with Crippen LogP contribution in [0.3, 0.4) is 0 Å². The highest BCUT2D eigenvalue weighted by molar-refractivity contribution is 5.31. The van der Waals surface area contributed by atoms with Gasteiger partial charge in [0.05, 0.1) is 0 Å². The van der Waals surface area contributed by atoms with Crippen molar-refractivity contribution in [3.8, 4) is 0 Å². The van der Waals surface area contributed by atoms with E-state index in [0.29, 0.717) is 11.9 Å². The number of hydrogen-bond acceptors (Lipinski definition) is 4. The van der Waals surface area contributed by atoms with Crippen LogP contribution in [0.1, 0.15) is 41.0 Å². The zero-order valence-corrected chi connectivity index (χ0v) is 13.6. The van der Waals surface area contributed by atoms with Crippen molar-refractivity contribution >= 4 is 5.82 Å². The average molecular weight is 280 g/mol. The van der Waals surface area contributed by atoms with Crippen LogP contribution in [-0.2, 0) is 5.54 Å². The molecule has 1 rings (SSSR count). The molecule has 0 fully saturated rings. The van der Waals surface area contributed by atoms with Crippen molar-refractivity contribution in [2.24, 2.45) is 0 Å². The van der Waals surface area contributed by atoms with E-state index in [-0.39, 0.29) is 11.1 Å². The van der Waals surface area contributed by atoms with Gasteiger partial charge in [0.25, 0.3) is 5.56 Å². The fourth-order valence-electron chi connectivity index (χ4n) is 1.94. The number of anilines is 1. The van der Waals surface area contributed by atoms with E-state index in [2.05, 4.69) is 36.1 Å². The normalized spacial score (nSPS) is 13.6. The van der Waals surface area contributed by atoms with E-state index in [9.17, 15) is 4.79 Å². The van der Waals surface area contributed by atoms with Crippen LogP contribution in [0.15, 0.2) is 17.2 Å². The average Bonchev–Trinajstić information content (AvgIpc) is 2.38. The molecule has 0 saturated carbocycles. The zero-order chi connectivity index (χ0) is 15.3. The molecule has 114 valence electrons. The van der Waals surface area contributed by atoms with E-state index >= 15 is 0 Å². The molecule has 5 nitrogen and oxygen atoms in total. The van der Waals surface area contributed by atoms with Crippen LogP contribution in [0, 0.1) is 0 Å². The van der Waals surface area contributed by atoms with Gasteiger partial charge in [0, 0.05) is 37.1 Å². The van der Waals surface area contributed by atoms with Gasteiger partial charge in [0.15, 0.2) is 5.82 Å². The predicted molar refractivity (Wildman–Crippen MR) is 84.4 cm³/mol. The van der Waals surface area contributed by atoms with Crippen LogP contribution in [0.4, 0.5) is 5.82 Å². The fourth-order valence-corrected chi connectivity index (χ4v) is 1.94. The van der Waals surface area contributed by atoms with E-state index < -0.39 is 0 Å². The fraction of sp³-hybridized carbons (Fsp3) is 0.733. The highest BCUT2D eigenvalue weighted by Crippen LogP contribution is 2.10. The quantitative estimate of drug-likeness (QED) is 0.867. The monoisotopic (exact) mass is 280 g/mol. The summed E-state index contributed by atoms with van der Waals surface area (Å²) >= 11 is 0. The van der Waals surface area contributed by atoms with Gasteiger partial charge in [-0.2, -0.15) is 0 Å². The highest BCUT2D eigenvalue weighted by Gasteiger charge is 2.16. The second kappa shape index (κ2) is 6.88. The molecule has 0 radical (unpaired) electrons. The first-order valence-electron chi connectivity index (χ1n) is 7.29. The first kappa shape index (κ1) is 16.7. The van der Waals surface area contributed by atoms with Gasteiger partial charge < -0.3 is 14.8 Å². The Hall–Kier alpha value is -1.36. The SMILES string of the molecule is CCC(C)N(C)CCNc1nccn(C(C)(C)C)c1=O. The van der Waals surface area contributed by atoms with Gasteiger partial charge in [-0.3, -0.25) is 4.79 Å². The Morgan fingerprint density at radius 2 is 2.10 bits per heavy atom. The van der Waals surface area contributed by atoms with E-state index in [0.717, 1.165) is 19.5 Å². The smallest absolute Gasteiger partial charge is 0.293 e. The van der Waals surface area contributed by atoms with Gasteiger partial charge in [-0.05, 0) is 41.2 Å². The van der Waals surface area contributed by atoms with Crippen molar-refractivity contribution in [1.29, 1.82) is 0 Å². The summed E-state index contributed by atoms with van der Waals surface area (Å²) in [4.78, 5) is 18.7. The molecule has 20 heavy (non-hydrogen) atoms. The van der Waals surface area contributed by atoms with Crippen LogP contribution < -0.4 is 10.9 Å². The molecular formula is C15H28N4O. The third-order valence-corrected chi connectivity index (χ3v) is 3.66. The summed E-state index contributed by atoms with van der Waals surface area (Å²) in [5, 5.41) is 3.15. The maximum Gasteiger partial charge on any atom is 0.293 e. The summed E-state index contributed by atoms with van der Waals surface area (Å²) in [6, 6.07) is 0.548. The summed E-state index contributed by atoms with van der Waals surface area (Å²) in [5.41, 5.74) is -0.296. The molecular weight excluding hydrogens is 252 g/mol. The molecule has 0 aliphatic heterocycles. The lowest BCUT2D eigenvalue weighted by Crippen LogP contribution is -2.37. The van der Waals surface area contributed by atoms with Gasteiger partial charge in [-0.25, -0.2) is 4.98 Å². The van der Waals surface area contributed by atoms with Gasteiger partial charge in [0.1, 0.15) is 0 Å². The third-order valence-electron chi connectivity index (χ3n) is 3.66. The Bertz CT molecular complexity index is 475. The lowest BCUT2D eigenvalue weighted by atomic mass is 10.1. The Balaban J connectivity index is 2.69. The third kappa shape index (κ3) is 4.34. The van der Waals surface area contributed by atoms with Crippen LogP contribution in [-0.4, -0.2) is 40.6 Å². The molecule has 1 heterocycles. The van der Waals surface area contributed by atoms with Gasteiger partial charge >= 0.3 is 0 Å². The van der Waals surface area contributed by atoms with Gasteiger partial charge in [-0.1, -0.05) is 6.92 Å². The molecule has 5 heteroatoms. The number of nitrogens with zero attached hydrogens (tertiary/aromatic N) is 3. The first-order valence-corrected chi connectivity index (χ1v) is 7.29. The van der Waals surface area contributed by atoms with Crippen LogP contribution in [0.5, 0.6) is 0 Å². The van der Waals surface area contributed by atoms with Crippen molar-refractivity contribution in [1.82, 2.24) is 14.5 Å². The minimum absolute atomic E-state index is 0.0637. The summed E-state index contributed by atoms with van der Waals surface area (Å²) in [6.45, 7) is 12.0. The van der Waals surface area contributed by atoms with Crippen LogP contribution in [0.2, 0.25) is 0 Å². The maximum atomic E-state index is 12.3. The molecule has 1 aromatic heterocycles. The Kier molecular flexibility index (Phi) is 5.74. The largest absolute Gasteiger partial charge is 0.364 e. The summed E-state index contributed by atoms with van der Waals surface area (Å²) in [7, 11) is 2.10. The molecule has 0 spiro atoms. The Morgan fingerprint density at radius 3 is 2.65 bits per heavy atom. The molecule has 1 atom stereocenters. The van der Waals surface area contributed by atoms with E-state index in [1.54, 1.807) is 17.0 Å². The topological polar surface area (TPSA) is 50.2 Å². The van der Waals surface area contributed by atoms with Crippen molar-refractivity contribution < 1.29 is 0 Å². The molecule has 0 aromatic carbocycles. The zero-order valence-electron chi connectivity index (χ0n) is 13.6. The van der Waals surface area contributed by atoms with Gasteiger partial charge in [0.2, 0.25) is 0 Å². The number of aromatic nitrogens is 2. The van der Waals surface area contributed by atoms with E-state index in [1.165, 1.54) is 0 Å². The number of rotatable bonds is 6. The van der Waals surface area contributed by atoms with Crippen LogP contribution in [0.25, 0.3) is 0 Å². The van der Waals surface area contributed by atoms with Crippen molar-refractivity contribution in [2.45, 2.75) is 52.6 Å². The van der Waals surface area contributed by atoms with Gasteiger partial charge in [-0.15, -0.1) is 0 Å². The second-order valence-corrected chi connectivity index (χ2v) is 6.29. The lowest BCUT2D eigenvalue weighted by Gasteiger charge is -2.24. The summed E-state index contributed by atoms with van der Waals surface area (Å²) < 4.78 is 1.71. The molecule has 0 aliphatic carbocycles. The molecule has 1 unspecified atom stereocenters. The summed E-state index contributed by atoms with van der Waals surface area (Å²) in [6.07, 6.45) is 4.53. The second-order valence-electron chi connectivity index (χ2n) is 6.29. The molecule has 0 bridgehead atoms. The molecule has 1 N–H and O–H groups in total. The molecule has 0 aliphatic rings. The molecule has 0 saturated heterocycles.